The van der Waals surface area contributed by atoms with Gasteiger partial charge >= 0.3 is 0 Å². The van der Waals surface area contributed by atoms with E-state index in [-0.39, 0.29) is 24.2 Å². The number of anilines is 1. The van der Waals surface area contributed by atoms with Crippen LogP contribution in [0.4, 0.5) is 5.69 Å². The molecule has 2 fully saturated rings. The number of hydrogen-bond acceptors (Lipinski definition) is 3. The Bertz CT molecular complexity index is 889. The third-order valence-corrected chi connectivity index (χ3v) is 6.73. The van der Waals surface area contributed by atoms with E-state index < -0.39 is 0 Å². The third kappa shape index (κ3) is 5.10. The molecule has 2 aromatic rings. The van der Waals surface area contributed by atoms with Crippen molar-refractivity contribution in [1.82, 2.24) is 10.2 Å². The van der Waals surface area contributed by atoms with E-state index in [0.717, 1.165) is 42.6 Å². The molecule has 2 amide bonds. The van der Waals surface area contributed by atoms with Gasteiger partial charge in [-0.25, -0.2) is 0 Å². The van der Waals surface area contributed by atoms with E-state index >= 15 is 0 Å². The number of likely N-dealkylation sites (tertiary alicyclic amines) is 1. The summed E-state index contributed by atoms with van der Waals surface area (Å²) in [4.78, 5) is 29.4. The molecule has 2 saturated heterocycles. The molecule has 2 aliphatic heterocycles. The van der Waals surface area contributed by atoms with Gasteiger partial charge in [0.25, 0.3) is 0 Å². The second kappa shape index (κ2) is 9.75. The molecule has 2 aromatic carbocycles. The van der Waals surface area contributed by atoms with Gasteiger partial charge in [-0.3, -0.25) is 14.5 Å². The van der Waals surface area contributed by atoms with E-state index in [4.69, 9.17) is 0 Å². The first-order chi connectivity index (χ1) is 14.6. The first-order valence-corrected chi connectivity index (χ1v) is 11.5. The fourth-order valence-corrected chi connectivity index (χ4v) is 4.98. The van der Waals surface area contributed by atoms with E-state index in [0.29, 0.717) is 19.0 Å². The van der Waals surface area contributed by atoms with E-state index in [9.17, 15) is 9.59 Å². The number of nitrogens with one attached hydrogen (secondary N) is 1. The number of nitrogens with zero attached hydrogens (tertiary/aromatic N) is 2. The minimum absolute atomic E-state index is 0.00177. The van der Waals surface area contributed by atoms with Crippen LogP contribution in [0.25, 0.3) is 0 Å². The molecular formula is C24H28BrN3O2. The zero-order chi connectivity index (χ0) is 20.9. The summed E-state index contributed by atoms with van der Waals surface area (Å²) in [5.41, 5.74) is 2.17. The lowest BCUT2D eigenvalue weighted by molar-refractivity contribution is -0.126. The minimum atomic E-state index is -0.284. The maximum atomic E-state index is 12.8. The molecule has 30 heavy (non-hydrogen) atoms. The van der Waals surface area contributed by atoms with Crippen LogP contribution in [0.1, 0.15) is 24.8 Å². The van der Waals surface area contributed by atoms with Crippen LogP contribution in [0.2, 0.25) is 0 Å². The molecule has 0 saturated carbocycles. The second-order valence-corrected chi connectivity index (χ2v) is 9.19. The van der Waals surface area contributed by atoms with Gasteiger partial charge in [0, 0.05) is 37.1 Å². The van der Waals surface area contributed by atoms with Gasteiger partial charge in [0.05, 0.1) is 11.6 Å². The molecule has 6 heteroatoms. The quantitative estimate of drug-likeness (QED) is 0.699. The first kappa shape index (κ1) is 21.1. The van der Waals surface area contributed by atoms with E-state index in [1.807, 2.05) is 30.3 Å². The lowest BCUT2D eigenvalue weighted by atomic mass is 9.97. The van der Waals surface area contributed by atoms with Crippen molar-refractivity contribution in [3.05, 3.63) is 64.6 Å². The standard InChI is InChI=1S/C24H28BrN3O2/c25-21-10-4-5-11-22(21)28-17-20(13-23(28)29)24(30)26-14-19-9-6-12-27(16-19)15-18-7-2-1-3-8-18/h1-5,7-8,10-11,19-20H,6,9,12-17H2,(H,26,30). The molecule has 0 aromatic heterocycles. The van der Waals surface area contributed by atoms with Crippen molar-refractivity contribution in [3.8, 4) is 0 Å². The number of rotatable bonds is 6. The Hall–Kier alpha value is -2.18. The SMILES string of the molecule is O=C(NCC1CCCN(Cc2ccccc2)C1)C1CC(=O)N(c2ccccc2Br)C1. The van der Waals surface area contributed by atoms with Gasteiger partial charge in [-0.1, -0.05) is 42.5 Å². The zero-order valence-electron chi connectivity index (χ0n) is 17.1. The Morgan fingerprint density at radius 2 is 1.83 bits per heavy atom. The number of piperidine rings is 1. The molecule has 0 spiro atoms. The van der Waals surface area contributed by atoms with E-state index in [2.05, 4.69) is 50.4 Å². The molecule has 0 radical (unpaired) electrons. The number of amides is 2. The molecule has 5 nitrogen and oxygen atoms in total. The van der Waals surface area contributed by atoms with Gasteiger partial charge < -0.3 is 10.2 Å². The molecular weight excluding hydrogens is 442 g/mol. The van der Waals surface area contributed by atoms with Crippen LogP contribution in [-0.4, -0.2) is 42.9 Å². The molecule has 2 heterocycles. The van der Waals surface area contributed by atoms with Crippen molar-refractivity contribution in [1.29, 1.82) is 0 Å². The van der Waals surface area contributed by atoms with Crippen molar-refractivity contribution in [2.45, 2.75) is 25.8 Å². The fraction of sp³-hybridized carbons (Fsp3) is 0.417. The Morgan fingerprint density at radius 3 is 2.63 bits per heavy atom. The highest BCUT2D eigenvalue weighted by atomic mass is 79.9. The van der Waals surface area contributed by atoms with Gasteiger partial charge in [-0.05, 0) is 58.9 Å². The molecule has 1 N–H and O–H groups in total. The number of carbonyl (C=O) groups is 2. The maximum Gasteiger partial charge on any atom is 0.227 e. The molecule has 2 aliphatic rings. The summed E-state index contributed by atoms with van der Waals surface area (Å²) < 4.78 is 0.875. The number of para-hydroxylation sites is 1. The minimum Gasteiger partial charge on any atom is -0.355 e. The lowest BCUT2D eigenvalue weighted by Gasteiger charge is -2.33. The summed E-state index contributed by atoms with van der Waals surface area (Å²) in [6, 6.07) is 18.2. The van der Waals surface area contributed by atoms with Crippen molar-refractivity contribution in [3.63, 3.8) is 0 Å². The molecule has 0 aliphatic carbocycles. The summed E-state index contributed by atoms with van der Waals surface area (Å²) in [6.07, 6.45) is 2.57. The third-order valence-electron chi connectivity index (χ3n) is 6.06. The average Bonchev–Trinajstić information content (AvgIpc) is 3.15. The Balaban J connectivity index is 1.27. The summed E-state index contributed by atoms with van der Waals surface area (Å²) >= 11 is 3.50. The highest BCUT2D eigenvalue weighted by Gasteiger charge is 2.36. The van der Waals surface area contributed by atoms with Crippen molar-refractivity contribution in [2.24, 2.45) is 11.8 Å². The van der Waals surface area contributed by atoms with Crippen LogP contribution in [0.5, 0.6) is 0 Å². The van der Waals surface area contributed by atoms with Gasteiger partial charge in [0.15, 0.2) is 0 Å². The molecule has 4 rings (SSSR count). The number of halogens is 1. The van der Waals surface area contributed by atoms with E-state index in [1.165, 1.54) is 5.56 Å². The second-order valence-electron chi connectivity index (χ2n) is 8.33. The highest BCUT2D eigenvalue weighted by molar-refractivity contribution is 9.10. The predicted molar refractivity (Wildman–Crippen MR) is 122 cm³/mol. The predicted octanol–water partition coefficient (Wildman–Crippen LogP) is 3.83. The van der Waals surface area contributed by atoms with Crippen LogP contribution >= 0.6 is 15.9 Å². The molecule has 2 atom stereocenters. The summed E-state index contributed by atoms with van der Waals surface area (Å²) in [6.45, 7) is 4.20. The topological polar surface area (TPSA) is 52.7 Å². The summed E-state index contributed by atoms with van der Waals surface area (Å²) in [7, 11) is 0. The van der Waals surface area contributed by atoms with Gasteiger partial charge in [-0.15, -0.1) is 0 Å². The largest absolute Gasteiger partial charge is 0.355 e. The molecule has 0 bridgehead atoms. The fourth-order valence-electron chi connectivity index (χ4n) is 4.48. The molecule has 158 valence electrons. The van der Waals surface area contributed by atoms with Gasteiger partial charge in [0.1, 0.15) is 0 Å². The lowest BCUT2D eigenvalue weighted by Crippen LogP contribution is -2.42. The van der Waals surface area contributed by atoms with E-state index in [1.54, 1.807) is 4.90 Å². The maximum absolute atomic E-state index is 12.8. The average molecular weight is 470 g/mol. The van der Waals surface area contributed by atoms with Crippen molar-refractivity contribution >= 4 is 33.4 Å². The summed E-state index contributed by atoms with van der Waals surface area (Å²) in [5, 5.41) is 3.13. The van der Waals surface area contributed by atoms with Crippen molar-refractivity contribution < 1.29 is 9.59 Å². The van der Waals surface area contributed by atoms with Crippen LogP contribution in [0.3, 0.4) is 0 Å². The van der Waals surface area contributed by atoms with Crippen LogP contribution < -0.4 is 10.2 Å². The van der Waals surface area contributed by atoms with Gasteiger partial charge in [-0.2, -0.15) is 0 Å². The Labute approximate surface area is 186 Å². The van der Waals surface area contributed by atoms with Gasteiger partial charge in [0.2, 0.25) is 11.8 Å². The zero-order valence-corrected chi connectivity index (χ0v) is 18.7. The van der Waals surface area contributed by atoms with Crippen LogP contribution in [0, 0.1) is 11.8 Å². The smallest absolute Gasteiger partial charge is 0.227 e. The molecule has 2 unspecified atom stereocenters. The Morgan fingerprint density at radius 1 is 1.07 bits per heavy atom. The number of carbonyl (C=O) groups excluding carboxylic acids is 2. The van der Waals surface area contributed by atoms with Crippen LogP contribution in [-0.2, 0) is 16.1 Å². The monoisotopic (exact) mass is 469 g/mol. The summed E-state index contributed by atoms with van der Waals surface area (Å²) in [5.74, 6) is 0.184. The van der Waals surface area contributed by atoms with Crippen LogP contribution in [0.15, 0.2) is 59.1 Å². The Kier molecular flexibility index (Phi) is 6.85. The highest BCUT2D eigenvalue weighted by Crippen LogP contribution is 2.31. The van der Waals surface area contributed by atoms with Crippen molar-refractivity contribution in [2.75, 3.05) is 31.1 Å². The number of hydrogen-bond donors (Lipinski definition) is 1. The normalized spacial score (nSPS) is 22.3. The number of benzene rings is 2. The first-order valence-electron chi connectivity index (χ1n) is 10.7.